The molecule has 1 amide bonds. The summed E-state index contributed by atoms with van der Waals surface area (Å²) in [4.78, 5) is 24.3. The average molecular weight is 347 g/mol. The number of hydrogen-bond acceptors (Lipinski definition) is 6. The molecule has 1 aliphatic rings. The van der Waals surface area contributed by atoms with Crippen LogP contribution in [0.2, 0.25) is 0 Å². The van der Waals surface area contributed by atoms with Crippen molar-refractivity contribution in [2.45, 2.75) is 39.0 Å². The molecule has 25 heavy (non-hydrogen) atoms. The van der Waals surface area contributed by atoms with Gasteiger partial charge in [0.05, 0.1) is 24.1 Å². The van der Waals surface area contributed by atoms with Gasteiger partial charge in [-0.3, -0.25) is 14.7 Å². The summed E-state index contributed by atoms with van der Waals surface area (Å²) in [5, 5.41) is 3.86. The number of hydrogen-bond donors (Lipinski definition) is 0. The molecule has 0 N–H and O–H groups in total. The number of carbonyl (C=O) groups is 1. The van der Waals surface area contributed by atoms with E-state index < -0.39 is 6.17 Å². The molecule has 2 aromatic rings. The third-order valence-electron chi connectivity index (χ3n) is 4.34. The lowest BCUT2D eigenvalue weighted by Crippen LogP contribution is -2.41. The van der Waals surface area contributed by atoms with Crippen LogP contribution in [0, 0.1) is 13.8 Å². The molecule has 0 radical (unpaired) electrons. The van der Waals surface area contributed by atoms with Gasteiger partial charge in [0.2, 0.25) is 0 Å². The summed E-state index contributed by atoms with van der Waals surface area (Å²) < 4.78 is 19.2. The Morgan fingerprint density at radius 2 is 2.16 bits per heavy atom. The molecule has 7 nitrogen and oxygen atoms in total. The van der Waals surface area contributed by atoms with Crippen molar-refractivity contribution in [3.05, 3.63) is 41.3 Å². The molecular formula is C17H22FN5O2. The number of rotatable bonds is 5. The summed E-state index contributed by atoms with van der Waals surface area (Å²) in [5.41, 5.74) is 1.84. The van der Waals surface area contributed by atoms with E-state index in [1.165, 1.54) is 6.20 Å². The van der Waals surface area contributed by atoms with Crippen LogP contribution in [0.3, 0.4) is 0 Å². The number of halogens is 1. The number of alkyl halides is 1. The quantitative estimate of drug-likeness (QED) is 0.820. The Balaban J connectivity index is 1.64. The zero-order valence-corrected chi connectivity index (χ0v) is 14.6. The molecule has 0 saturated carbocycles. The van der Waals surface area contributed by atoms with E-state index >= 15 is 0 Å². The number of likely N-dealkylation sites (tertiary alicyclic amines) is 1. The molecule has 0 spiro atoms. The summed E-state index contributed by atoms with van der Waals surface area (Å²) >= 11 is 0. The molecule has 2 atom stereocenters. The fourth-order valence-corrected chi connectivity index (χ4v) is 3.09. The topological polar surface area (TPSA) is 75.4 Å². The van der Waals surface area contributed by atoms with Gasteiger partial charge in [-0.25, -0.2) is 9.37 Å². The fourth-order valence-electron chi connectivity index (χ4n) is 3.09. The molecule has 2 aromatic heterocycles. The molecule has 1 saturated heterocycles. The molecule has 0 unspecified atom stereocenters. The maximum Gasteiger partial charge on any atom is 0.273 e. The van der Waals surface area contributed by atoms with Crippen molar-refractivity contribution in [3.8, 4) is 0 Å². The molecule has 0 aliphatic carbocycles. The van der Waals surface area contributed by atoms with Crippen LogP contribution in [0.4, 0.5) is 4.39 Å². The first-order chi connectivity index (χ1) is 11.9. The molecule has 0 aromatic carbocycles. The molecule has 3 rings (SSSR count). The second-order valence-electron chi connectivity index (χ2n) is 6.58. The van der Waals surface area contributed by atoms with Gasteiger partial charge in [0.1, 0.15) is 11.9 Å². The average Bonchev–Trinajstić information content (AvgIpc) is 3.13. The van der Waals surface area contributed by atoms with E-state index in [1.54, 1.807) is 18.1 Å². The van der Waals surface area contributed by atoms with E-state index in [0.717, 1.165) is 11.4 Å². The predicted octanol–water partition coefficient (Wildman–Crippen LogP) is 1.77. The highest BCUT2D eigenvalue weighted by atomic mass is 19.1. The Morgan fingerprint density at radius 1 is 1.36 bits per heavy atom. The van der Waals surface area contributed by atoms with Crippen LogP contribution in [0.1, 0.15) is 34.1 Å². The van der Waals surface area contributed by atoms with Crippen molar-refractivity contribution >= 4 is 5.91 Å². The minimum Gasteiger partial charge on any atom is -0.360 e. The molecule has 134 valence electrons. The lowest BCUT2D eigenvalue weighted by Gasteiger charge is -2.27. The largest absolute Gasteiger partial charge is 0.360 e. The maximum absolute atomic E-state index is 13.9. The SMILES string of the molecule is Cc1cnc(C(=O)N(C)C[C@@H]2C[C@H](F)CN2Cc2cc(C)no2)cn1. The smallest absolute Gasteiger partial charge is 0.273 e. The lowest BCUT2D eigenvalue weighted by atomic mass is 10.2. The van der Waals surface area contributed by atoms with Crippen LogP contribution in [-0.2, 0) is 6.54 Å². The highest BCUT2D eigenvalue weighted by Crippen LogP contribution is 2.24. The number of likely N-dealkylation sites (N-methyl/N-ethyl adjacent to an activating group) is 1. The highest BCUT2D eigenvalue weighted by Gasteiger charge is 2.34. The first kappa shape index (κ1) is 17.5. The minimum absolute atomic E-state index is 0.0761. The molecule has 8 heteroatoms. The van der Waals surface area contributed by atoms with E-state index in [1.807, 2.05) is 24.8 Å². The number of nitrogens with zero attached hydrogens (tertiary/aromatic N) is 5. The van der Waals surface area contributed by atoms with Crippen molar-refractivity contribution < 1.29 is 13.7 Å². The first-order valence-electron chi connectivity index (χ1n) is 8.27. The Bertz CT molecular complexity index is 733. The van der Waals surface area contributed by atoms with Crippen molar-refractivity contribution in [2.75, 3.05) is 20.1 Å². The minimum atomic E-state index is -0.906. The Kier molecular flexibility index (Phi) is 5.08. The lowest BCUT2D eigenvalue weighted by molar-refractivity contribution is 0.0739. The normalized spacial score (nSPS) is 20.8. The number of amides is 1. The Hall–Kier alpha value is -2.35. The first-order valence-corrected chi connectivity index (χ1v) is 8.27. The van der Waals surface area contributed by atoms with Crippen LogP contribution in [0.15, 0.2) is 23.0 Å². The van der Waals surface area contributed by atoms with Gasteiger partial charge in [0.25, 0.3) is 5.91 Å². The van der Waals surface area contributed by atoms with E-state index in [0.29, 0.717) is 37.5 Å². The third kappa shape index (κ3) is 4.19. The second kappa shape index (κ2) is 7.26. The van der Waals surface area contributed by atoms with Crippen LogP contribution < -0.4 is 0 Å². The summed E-state index contributed by atoms with van der Waals surface area (Å²) in [6.45, 7) is 4.90. The molecular weight excluding hydrogens is 325 g/mol. The van der Waals surface area contributed by atoms with Crippen LogP contribution in [-0.4, -0.2) is 63.2 Å². The Morgan fingerprint density at radius 3 is 2.80 bits per heavy atom. The van der Waals surface area contributed by atoms with Crippen molar-refractivity contribution in [2.24, 2.45) is 0 Å². The zero-order valence-electron chi connectivity index (χ0n) is 14.6. The molecule has 3 heterocycles. The van der Waals surface area contributed by atoms with Gasteiger partial charge in [0.15, 0.2) is 5.76 Å². The van der Waals surface area contributed by atoms with Crippen LogP contribution >= 0.6 is 0 Å². The van der Waals surface area contributed by atoms with Crippen molar-refractivity contribution in [1.82, 2.24) is 24.9 Å². The van der Waals surface area contributed by atoms with E-state index in [9.17, 15) is 9.18 Å². The second-order valence-corrected chi connectivity index (χ2v) is 6.58. The van der Waals surface area contributed by atoms with Crippen molar-refractivity contribution in [3.63, 3.8) is 0 Å². The van der Waals surface area contributed by atoms with Gasteiger partial charge in [-0.1, -0.05) is 5.16 Å². The number of aryl methyl sites for hydroxylation is 2. The van der Waals surface area contributed by atoms with Gasteiger partial charge >= 0.3 is 0 Å². The van der Waals surface area contributed by atoms with E-state index in [2.05, 4.69) is 15.1 Å². The van der Waals surface area contributed by atoms with Gasteiger partial charge in [-0.15, -0.1) is 0 Å². The van der Waals surface area contributed by atoms with Gasteiger partial charge in [-0.2, -0.15) is 0 Å². The van der Waals surface area contributed by atoms with Gasteiger partial charge in [0, 0.05) is 38.4 Å². The summed E-state index contributed by atoms with van der Waals surface area (Å²) in [6, 6.07) is 1.77. The van der Waals surface area contributed by atoms with Crippen molar-refractivity contribution in [1.29, 1.82) is 0 Å². The summed E-state index contributed by atoms with van der Waals surface area (Å²) in [6.07, 6.45) is 2.52. The molecule has 0 bridgehead atoms. The zero-order chi connectivity index (χ0) is 18.0. The van der Waals surface area contributed by atoms with E-state index in [4.69, 9.17) is 4.52 Å². The fraction of sp³-hybridized carbons (Fsp3) is 0.529. The van der Waals surface area contributed by atoms with Gasteiger partial charge in [-0.05, 0) is 20.3 Å². The maximum atomic E-state index is 13.9. The standard InChI is InChI=1S/C17H22FN5O2/c1-11-4-15(25-21-11)10-23-8-13(18)5-14(23)9-22(3)17(24)16-7-19-12(2)6-20-16/h4,6-7,13-14H,5,8-10H2,1-3H3/t13-,14-/m0/s1. The summed E-state index contributed by atoms with van der Waals surface area (Å²) in [7, 11) is 1.70. The molecule has 1 fully saturated rings. The van der Waals surface area contributed by atoms with E-state index in [-0.39, 0.29) is 11.9 Å². The Labute approximate surface area is 145 Å². The van der Waals surface area contributed by atoms with Crippen LogP contribution in [0.5, 0.6) is 0 Å². The third-order valence-corrected chi connectivity index (χ3v) is 4.34. The van der Waals surface area contributed by atoms with Gasteiger partial charge < -0.3 is 9.42 Å². The molecule has 1 aliphatic heterocycles. The number of aromatic nitrogens is 3. The number of carbonyl (C=O) groups excluding carboxylic acids is 1. The highest BCUT2D eigenvalue weighted by molar-refractivity contribution is 5.91. The summed E-state index contributed by atoms with van der Waals surface area (Å²) in [5.74, 6) is 0.486. The monoisotopic (exact) mass is 347 g/mol. The predicted molar refractivity (Wildman–Crippen MR) is 88.7 cm³/mol. The van der Waals surface area contributed by atoms with Crippen LogP contribution in [0.25, 0.3) is 0 Å².